The topological polar surface area (TPSA) is 50.2 Å². The highest BCUT2D eigenvalue weighted by atomic mass is 35.5. The minimum atomic E-state index is -4.50. The van der Waals surface area contributed by atoms with E-state index < -0.39 is 11.7 Å². The maximum absolute atomic E-state index is 13.4. The molecule has 9 heteroatoms. The van der Waals surface area contributed by atoms with Crippen LogP contribution in [0.5, 0.6) is 0 Å². The van der Waals surface area contributed by atoms with Gasteiger partial charge >= 0.3 is 6.18 Å². The number of alkyl halides is 3. The molecule has 1 aliphatic heterocycles. The van der Waals surface area contributed by atoms with Crippen LogP contribution in [0.2, 0.25) is 5.02 Å². The lowest BCUT2D eigenvalue weighted by atomic mass is 9.89. The molecule has 0 atom stereocenters. The summed E-state index contributed by atoms with van der Waals surface area (Å²) < 4.78 is 42.2. The smallest absolute Gasteiger partial charge is 0.327 e. The van der Waals surface area contributed by atoms with E-state index in [-0.39, 0.29) is 22.2 Å². The molecule has 0 unspecified atom stereocenters. The van der Waals surface area contributed by atoms with Crippen LogP contribution in [0.1, 0.15) is 73.1 Å². The van der Waals surface area contributed by atoms with Crippen molar-refractivity contribution in [2.45, 2.75) is 71.0 Å². The normalized spacial score (nSPS) is 18.5. The second-order valence-electron chi connectivity index (χ2n) is 9.17. The van der Waals surface area contributed by atoms with Gasteiger partial charge < -0.3 is 4.57 Å². The van der Waals surface area contributed by atoms with E-state index in [9.17, 15) is 18.0 Å². The van der Waals surface area contributed by atoms with Gasteiger partial charge in [0.25, 0.3) is 5.91 Å². The number of carbonyl (C=O) groups is 1. The fourth-order valence-electron chi connectivity index (χ4n) is 4.88. The Labute approximate surface area is 197 Å². The Morgan fingerprint density at radius 2 is 1.79 bits per heavy atom. The molecule has 2 heterocycles. The zero-order valence-electron chi connectivity index (χ0n) is 18.8. The largest absolute Gasteiger partial charge is 0.416 e. The maximum Gasteiger partial charge on any atom is 0.416 e. The van der Waals surface area contributed by atoms with Crippen LogP contribution in [0.4, 0.5) is 13.2 Å². The molecule has 180 valence electrons. The Hall–Kier alpha value is -2.06. The number of piperidine rings is 1. The number of carbonyl (C=O) groups excluding carboxylic acids is 1. The Bertz CT molecular complexity index is 992. The van der Waals surface area contributed by atoms with E-state index in [4.69, 9.17) is 11.6 Å². The van der Waals surface area contributed by atoms with E-state index in [1.54, 1.807) is 0 Å². The van der Waals surface area contributed by atoms with Gasteiger partial charge in [0.15, 0.2) is 5.69 Å². The van der Waals surface area contributed by atoms with Crippen molar-refractivity contribution < 1.29 is 18.0 Å². The lowest BCUT2D eigenvalue weighted by molar-refractivity contribution is -0.137. The molecule has 1 aromatic heterocycles. The maximum atomic E-state index is 13.4. The van der Waals surface area contributed by atoms with Gasteiger partial charge in [0.2, 0.25) is 0 Å². The standard InChI is InChI=1S/C24H30ClF3N4O/c1-16-21(23(33)30-31-12-6-3-7-13-31)29-22(32(16)15-17-8-4-2-5-9-17)19-14-18(24(26,27)28)10-11-20(19)25/h10-11,14,17H,2-9,12-13,15H2,1H3,(H,30,33). The number of imidazole rings is 1. The van der Waals surface area contributed by atoms with Gasteiger partial charge in [0.05, 0.1) is 10.6 Å². The molecule has 0 spiro atoms. The lowest BCUT2D eigenvalue weighted by Crippen LogP contribution is -2.45. The molecule has 33 heavy (non-hydrogen) atoms. The summed E-state index contributed by atoms with van der Waals surface area (Å²) in [5.41, 5.74) is 3.23. The first-order valence-corrected chi connectivity index (χ1v) is 12.1. The monoisotopic (exact) mass is 482 g/mol. The lowest BCUT2D eigenvalue weighted by Gasteiger charge is -2.26. The van der Waals surface area contributed by atoms with Crippen LogP contribution in [-0.2, 0) is 12.7 Å². The van der Waals surface area contributed by atoms with E-state index in [1.807, 2.05) is 16.5 Å². The van der Waals surface area contributed by atoms with Gasteiger partial charge in [-0.25, -0.2) is 9.99 Å². The Balaban J connectivity index is 1.73. The van der Waals surface area contributed by atoms with Crippen molar-refractivity contribution in [3.05, 3.63) is 40.2 Å². The minimum Gasteiger partial charge on any atom is -0.327 e. The summed E-state index contributed by atoms with van der Waals surface area (Å²) >= 11 is 6.36. The number of halogens is 4. The van der Waals surface area contributed by atoms with E-state index in [0.717, 1.165) is 70.2 Å². The molecule has 4 rings (SSSR count). The molecule has 1 aromatic carbocycles. The van der Waals surface area contributed by atoms with Crippen molar-refractivity contribution in [2.24, 2.45) is 5.92 Å². The summed E-state index contributed by atoms with van der Waals surface area (Å²) in [5, 5.41) is 2.07. The second-order valence-corrected chi connectivity index (χ2v) is 9.57. The predicted octanol–water partition coefficient (Wildman–Crippen LogP) is 6.24. The number of aromatic nitrogens is 2. The third kappa shape index (κ3) is 5.54. The van der Waals surface area contributed by atoms with Crippen molar-refractivity contribution >= 4 is 17.5 Å². The van der Waals surface area contributed by atoms with Crippen LogP contribution in [0.3, 0.4) is 0 Å². The number of rotatable bonds is 5. The molecule has 1 saturated carbocycles. The van der Waals surface area contributed by atoms with Gasteiger partial charge in [0, 0.05) is 30.9 Å². The van der Waals surface area contributed by atoms with Crippen LogP contribution in [-0.4, -0.2) is 33.6 Å². The van der Waals surface area contributed by atoms with Gasteiger partial charge in [-0.1, -0.05) is 37.3 Å². The SMILES string of the molecule is Cc1c(C(=O)NN2CCCCC2)nc(-c2cc(C(F)(F)F)ccc2Cl)n1CC1CCCCC1. The van der Waals surface area contributed by atoms with Gasteiger partial charge in [0.1, 0.15) is 5.82 Å². The first kappa shape index (κ1) is 24.1. The molecule has 2 aromatic rings. The summed E-state index contributed by atoms with van der Waals surface area (Å²) in [5.74, 6) is 0.382. The average Bonchev–Trinajstić information content (AvgIpc) is 3.11. The number of nitrogens with one attached hydrogen (secondary N) is 1. The molecular formula is C24H30ClF3N4O. The highest BCUT2D eigenvalue weighted by Gasteiger charge is 2.32. The van der Waals surface area contributed by atoms with Gasteiger partial charge in [-0.15, -0.1) is 0 Å². The Morgan fingerprint density at radius 1 is 1.12 bits per heavy atom. The highest BCUT2D eigenvalue weighted by Crippen LogP contribution is 2.37. The van der Waals surface area contributed by atoms with Crippen molar-refractivity contribution in [3.63, 3.8) is 0 Å². The molecule has 5 nitrogen and oxygen atoms in total. The molecular weight excluding hydrogens is 453 g/mol. The Kier molecular flexibility index (Phi) is 7.34. The molecule has 2 fully saturated rings. The van der Waals surface area contributed by atoms with Gasteiger partial charge in [-0.05, 0) is 56.7 Å². The van der Waals surface area contributed by atoms with E-state index in [0.29, 0.717) is 24.0 Å². The fraction of sp³-hybridized carbons (Fsp3) is 0.583. The van der Waals surface area contributed by atoms with Gasteiger partial charge in [-0.2, -0.15) is 13.2 Å². The Morgan fingerprint density at radius 3 is 2.45 bits per heavy atom. The summed E-state index contributed by atoms with van der Waals surface area (Å²) in [7, 11) is 0. The number of hydrogen-bond acceptors (Lipinski definition) is 3. The summed E-state index contributed by atoms with van der Waals surface area (Å²) in [6.45, 7) is 3.98. The van der Waals surface area contributed by atoms with Crippen LogP contribution in [0.15, 0.2) is 18.2 Å². The third-order valence-corrected chi connectivity index (χ3v) is 7.08. The highest BCUT2D eigenvalue weighted by molar-refractivity contribution is 6.33. The number of hydrazine groups is 1. The number of hydrogen-bond donors (Lipinski definition) is 1. The van der Waals surface area contributed by atoms with E-state index in [1.165, 1.54) is 12.5 Å². The molecule has 0 bridgehead atoms. The third-order valence-electron chi connectivity index (χ3n) is 6.75. The molecule has 1 aliphatic carbocycles. The first-order chi connectivity index (χ1) is 15.7. The number of nitrogens with zero attached hydrogens (tertiary/aromatic N) is 3. The first-order valence-electron chi connectivity index (χ1n) is 11.7. The van der Waals surface area contributed by atoms with Crippen molar-refractivity contribution in [1.29, 1.82) is 0 Å². The van der Waals surface area contributed by atoms with Crippen molar-refractivity contribution in [3.8, 4) is 11.4 Å². The van der Waals surface area contributed by atoms with Crippen LogP contribution in [0.25, 0.3) is 11.4 Å². The van der Waals surface area contributed by atoms with Crippen molar-refractivity contribution in [1.82, 2.24) is 20.0 Å². The molecule has 1 amide bonds. The van der Waals surface area contributed by atoms with Crippen LogP contribution >= 0.6 is 11.6 Å². The van der Waals surface area contributed by atoms with Gasteiger partial charge in [-0.3, -0.25) is 10.2 Å². The molecule has 0 radical (unpaired) electrons. The van der Waals surface area contributed by atoms with Crippen molar-refractivity contribution in [2.75, 3.05) is 13.1 Å². The summed E-state index contributed by atoms with van der Waals surface area (Å²) in [4.78, 5) is 17.7. The summed E-state index contributed by atoms with van der Waals surface area (Å²) in [6, 6.07) is 3.26. The van der Waals surface area contributed by atoms with E-state index in [2.05, 4.69) is 10.4 Å². The zero-order chi connectivity index (χ0) is 23.6. The number of amides is 1. The van der Waals surface area contributed by atoms with E-state index >= 15 is 0 Å². The molecule has 1 N–H and O–H groups in total. The van der Waals surface area contributed by atoms with Crippen LogP contribution in [0, 0.1) is 12.8 Å². The minimum absolute atomic E-state index is 0.181. The van der Waals surface area contributed by atoms with Crippen LogP contribution < -0.4 is 5.43 Å². The fourth-order valence-corrected chi connectivity index (χ4v) is 5.08. The summed E-state index contributed by atoms with van der Waals surface area (Å²) in [6.07, 6.45) is 4.27. The number of benzene rings is 1. The molecule has 2 aliphatic rings. The predicted molar refractivity (Wildman–Crippen MR) is 122 cm³/mol. The second kappa shape index (κ2) is 10.1. The molecule has 1 saturated heterocycles. The average molecular weight is 483 g/mol. The zero-order valence-corrected chi connectivity index (χ0v) is 19.6. The quantitative estimate of drug-likeness (QED) is 0.548.